The molecule has 0 aliphatic heterocycles. The summed E-state index contributed by atoms with van der Waals surface area (Å²) >= 11 is 1.20. The van der Waals surface area contributed by atoms with Gasteiger partial charge in [-0.3, -0.25) is 4.79 Å². The lowest BCUT2D eigenvalue weighted by molar-refractivity contribution is 0.0951. The van der Waals surface area contributed by atoms with Crippen LogP contribution in [0.25, 0.3) is 11.3 Å². The summed E-state index contributed by atoms with van der Waals surface area (Å²) < 4.78 is 5.71. The molecule has 1 aliphatic carbocycles. The molecule has 5 rings (SSSR count). The standard InChI is InChI=1S/C30H27N5O3S/c1-19-7-10-23(27(36)33-24-13-14-24)17-25(19)34-29-35-26(22-11-8-20(9-12-22)15-16-31)28(39-29)38-30(37)32-18-21-5-3-2-4-6-21/h2-12,17,24H,13-15,18H2,1H3,(H,32,37)(H,33,36)(H,34,35). The zero-order valence-corrected chi connectivity index (χ0v) is 22.2. The number of nitriles is 1. The van der Waals surface area contributed by atoms with Gasteiger partial charge in [0.2, 0.25) is 5.06 Å². The van der Waals surface area contributed by atoms with Gasteiger partial charge >= 0.3 is 6.09 Å². The van der Waals surface area contributed by atoms with Crippen molar-refractivity contribution in [2.75, 3.05) is 5.32 Å². The van der Waals surface area contributed by atoms with Crippen LogP contribution in [0.4, 0.5) is 15.6 Å². The molecule has 2 amide bonds. The Bertz CT molecular complexity index is 1520. The minimum absolute atomic E-state index is 0.100. The lowest BCUT2D eigenvalue weighted by Crippen LogP contribution is -2.26. The van der Waals surface area contributed by atoms with Gasteiger partial charge in [-0.2, -0.15) is 5.26 Å². The first-order valence-corrected chi connectivity index (χ1v) is 13.5. The molecular formula is C30H27N5O3S. The van der Waals surface area contributed by atoms with Gasteiger partial charge in [0.05, 0.1) is 12.5 Å². The predicted molar refractivity (Wildman–Crippen MR) is 151 cm³/mol. The molecule has 3 aromatic carbocycles. The highest BCUT2D eigenvalue weighted by atomic mass is 32.1. The van der Waals surface area contributed by atoms with Crippen LogP contribution in [0.1, 0.15) is 39.9 Å². The molecule has 4 aromatic rings. The number of anilines is 2. The van der Waals surface area contributed by atoms with Crippen molar-refractivity contribution in [3.05, 3.63) is 95.1 Å². The van der Waals surface area contributed by atoms with Gasteiger partial charge < -0.3 is 20.7 Å². The van der Waals surface area contributed by atoms with E-state index in [0.29, 0.717) is 34.4 Å². The van der Waals surface area contributed by atoms with Crippen LogP contribution in [0, 0.1) is 18.3 Å². The number of thiazole rings is 1. The Morgan fingerprint density at radius 2 is 1.82 bits per heavy atom. The number of carbonyl (C=O) groups excluding carboxylic acids is 2. The van der Waals surface area contributed by atoms with E-state index in [2.05, 4.69) is 22.0 Å². The number of aromatic nitrogens is 1. The molecule has 1 saturated carbocycles. The minimum atomic E-state index is -0.591. The number of carbonyl (C=O) groups is 2. The van der Waals surface area contributed by atoms with Crippen molar-refractivity contribution in [1.29, 1.82) is 5.26 Å². The van der Waals surface area contributed by atoms with Gasteiger partial charge in [-0.25, -0.2) is 9.78 Å². The summed E-state index contributed by atoms with van der Waals surface area (Å²) in [6.45, 7) is 2.28. The Morgan fingerprint density at radius 1 is 1.05 bits per heavy atom. The van der Waals surface area contributed by atoms with Crippen LogP contribution >= 0.6 is 11.3 Å². The molecule has 196 valence electrons. The highest BCUT2D eigenvalue weighted by Gasteiger charge is 2.24. The smallest absolute Gasteiger partial charge is 0.397 e. The molecule has 0 atom stereocenters. The molecule has 1 aromatic heterocycles. The maximum absolute atomic E-state index is 12.7. The highest BCUT2D eigenvalue weighted by molar-refractivity contribution is 7.18. The molecular weight excluding hydrogens is 510 g/mol. The SMILES string of the molecule is Cc1ccc(C(=O)NC2CC2)cc1Nc1nc(-c2ccc(CC#N)cc2)c(OC(=O)NCc2ccccc2)s1. The van der Waals surface area contributed by atoms with Gasteiger partial charge in [0.25, 0.3) is 5.91 Å². The van der Waals surface area contributed by atoms with Gasteiger partial charge in [-0.1, -0.05) is 72.0 Å². The Labute approximate surface area is 230 Å². The van der Waals surface area contributed by atoms with Crippen molar-refractivity contribution in [3.8, 4) is 22.4 Å². The van der Waals surface area contributed by atoms with E-state index in [1.807, 2.05) is 67.6 Å². The molecule has 3 N–H and O–H groups in total. The number of nitrogens with one attached hydrogen (secondary N) is 3. The number of amides is 2. The molecule has 8 nitrogen and oxygen atoms in total. The van der Waals surface area contributed by atoms with E-state index >= 15 is 0 Å². The predicted octanol–water partition coefficient (Wildman–Crippen LogP) is 6.11. The maximum atomic E-state index is 12.7. The fourth-order valence-electron chi connectivity index (χ4n) is 3.88. The molecule has 0 spiro atoms. The van der Waals surface area contributed by atoms with Gasteiger partial charge in [0.15, 0.2) is 5.13 Å². The zero-order chi connectivity index (χ0) is 27.2. The summed E-state index contributed by atoms with van der Waals surface area (Å²) in [5.41, 5.74) is 5.34. The second-order valence-electron chi connectivity index (χ2n) is 9.32. The molecule has 0 bridgehead atoms. The Morgan fingerprint density at radius 3 is 2.54 bits per heavy atom. The van der Waals surface area contributed by atoms with Crippen LogP contribution < -0.4 is 20.7 Å². The summed E-state index contributed by atoms with van der Waals surface area (Å²) in [4.78, 5) is 30.0. The van der Waals surface area contributed by atoms with E-state index in [9.17, 15) is 9.59 Å². The molecule has 9 heteroatoms. The van der Waals surface area contributed by atoms with Crippen molar-refractivity contribution in [3.63, 3.8) is 0 Å². The summed E-state index contributed by atoms with van der Waals surface area (Å²) in [6.07, 6.45) is 1.75. The third kappa shape index (κ3) is 6.80. The van der Waals surface area contributed by atoms with Crippen LogP contribution in [0.15, 0.2) is 72.8 Å². The molecule has 0 saturated heterocycles. The van der Waals surface area contributed by atoms with Crippen LogP contribution in [0.5, 0.6) is 5.06 Å². The lowest BCUT2D eigenvalue weighted by Gasteiger charge is -2.10. The Balaban J connectivity index is 1.38. The molecule has 1 fully saturated rings. The van der Waals surface area contributed by atoms with E-state index in [4.69, 9.17) is 15.0 Å². The first kappa shape index (κ1) is 25.9. The summed E-state index contributed by atoms with van der Waals surface area (Å²) in [5, 5.41) is 18.9. The second kappa shape index (κ2) is 11.8. The third-order valence-electron chi connectivity index (χ3n) is 6.23. The van der Waals surface area contributed by atoms with E-state index in [1.54, 1.807) is 12.1 Å². The highest BCUT2D eigenvalue weighted by Crippen LogP contribution is 2.39. The van der Waals surface area contributed by atoms with E-state index in [-0.39, 0.29) is 11.9 Å². The topological polar surface area (TPSA) is 116 Å². The Hall–Kier alpha value is -4.68. The summed E-state index contributed by atoms with van der Waals surface area (Å²) in [5.74, 6) is -0.100. The largest absolute Gasteiger partial charge is 0.413 e. The van der Waals surface area contributed by atoms with Gasteiger partial charge in [-0.15, -0.1) is 0 Å². The van der Waals surface area contributed by atoms with Crippen LogP contribution in [0.2, 0.25) is 0 Å². The minimum Gasteiger partial charge on any atom is -0.397 e. The first-order valence-electron chi connectivity index (χ1n) is 12.6. The van der Waals surface area contributed by atoms with Crippen molar-refractivity contribution < 1.29 is 14.3 Å². The number of benzene rings is 3. The number of rotatable bonds is 9. The fraction of sp³-hybridized carbons (Fsp3) is 0.200. The van der Waals surface area contributed by atoms with Crippen LogP contribution in [-0.4, -0.2) is 23.0 Å². The molecule has 0 unspecified atom stereocenters. The van der Waals surface area contributed by atoms with E-state index < -0.39 is 6.09 Å². The third-order valence-corrected chi connectivity index (χ3v) is 7.07. The van der Waals surface area contributed by atoms with E-state index in [0.717, 1.165) is 40.8 Å². The lowest BCUT2D eigenvalue weighted by atomic mass is 10.1. The number of hydrogen-bond acceptors (Lipinski definition) is 7. The zero-order valence-electron chi connectivity index (χ0n) is 21.4. The van der Waals surface area contributed by atoms with Gasteiger partial charge in [-0.05, 0) is 48.6 Å². The van der Waals surface area contributed by atoms with Crippen molar-refractivity contribution in [2.24, 2.45) is 0 Å². The molecule has 1 aliphatic rings. The van der Waals surface area contributed by atoms with Crippen molar-refractivity contribution >= 4 is 34.2 Å². The van der Waals surface area contributed by atoms with E-state index in [1.165, 1.54) is 11.3 Å². The van der Waals surface area contributed by atoms with Crippen molar-refractivity contribution in [2.45, 2.75) is 38.8 Å². The maximum Gasteiger partial charge on any atom is 0.413 e. The normalized spacial score (nSPS) is 12.3. The van der Waals surface area contributed by atoms with Crippen LogP contribution in [-0.2, 0) is 13.0 Å². The number of aryl methyl sites for hydroxylation is 1. The number of ether oxygens (including phenoxy) is 1. The quantitative estimate of drug-likeness (QED) is 0.237. The first-order chi connectivity index (χ1) is 19.0. The number of nitrogens with zero attached hydrogens (tertiary/aromatic N) is 2. The average Bonchev–Trinajstić information content (AvgIpc) is 3.68. The molecule has 0 radical (unpaired) electrons. The van der Waals surface area contributed by atoms with Gasteiger partial charge in [0.1, 0.15) is 5.69 Å². The molecule has 39 heavy (non-hydrogen) atoms. The average molecular weight is 538 g/mol. The molecule has 1 heterocycles. The monoisotopic (exact) mass is 537 g/mol. The second-order valence-corrected chi connectivity index (χ2v) is 10.3. The fourth-order valence-corrected chi connectivity index (χ4v) is 4.73. The summed E-state index contributed by atoms with van der Waals surface area (Å²) in [7, 11) is 0. The Kier molecular flexibility index (Phi) is 7.85. The number of hydrogen-bond donors (Lipinski definition) is 3. The van der Waals surface area contributed by atoms with Gasteiger partial charge in [0, 0.05) is 29.4 Å². The summed E-state index contributed by atoms with van der Waals surface area (Å²) in [6, 6.07) is 24.9. The van der Waals surface area contributed by atoms with Crippen molar-refractivity contribution in [1.82, 2.24) is 15.6 Å². The van der Waals surface area contributed by atoms with Crippen LogP contribution in [0.3, 0.4) is 0 Å².